The molecule has 0 aromatic carbocycles. The number of hydrogen-bond donors (Lipinski definition) is 0. The van der Waals surface area contributed by atoms with Crippen LogP contribution in [0.4, 0.5) is 0 Å². The molecule has 0 unspecified atom stereocenters. The van der Waals surface area contributed by atoms with Crippen LogP contribution in [0.5, 0.6) is 0 Å². The first-order valence-corrected chi connectivity index (χ1v) is 5.77. The van der Waals surface area contributed by atoms with Gasteiger partial charge in [0.15, 0.2) is 0 Å². The van der Waals surface area contributed by atoms with Gasteiger partial charge >= 0.3 is 0 Å². The molecule has 1 aromatic heterocycles. The summed E-state index contributed by atoms with van der Waals surface area (Å²) in [5.41, 5.74) is 1.17. The van der Waals surface area contributed by atoms with Gasteiger partial charge in [-0.1, -0.05) is 6.92 Å². The number of hydrogen-bond acceptors (Lipinski definition) is 2. The molecule has 0 N–H and O–H groups in total. The molecule has 1 aliphatic heterocycles. The first-order valence-electron chi connectivity index (χ1n) is 4.69. The predicted molar refractivity (Wildman–Crippen MR) is 60.7 cm³/mol. The van der Waals surface area contributed by atoms with E-state index in [0.29, 0.717) is 13.0 Å². The number of carbonyl (C=O) groups excluding carboxylic acids is 1. The third-order valence-corrected chi connectivity index (χ3v) is 3.40. The van der Waals surface area contributed by atoms with E-state index in [1.54, 1.807) is 0 Å². The smallest absolute Gasteiger partial charge is 0.222 e. The van der Waals surface area contributed by atoms with Crippen LogP contribution in [0, 0.1) is 3.70 Å². The molecule has 14 heavy (non-hydrogen) atoms. The number of aromatic nitrogens is 2. The van der Waals surface area contributed by atoms with Gasteiger partial charge in [0.05, 0.1) is 18.6 Å². The second-order valence-electron chi connectivity index (χ2n) is 3.34. The van der Waals surface area contributed by atoms with Crippen molar-refractivity contribution in [3.63, 3.8) is 0 Å². The summed E-state index contributed by atoms with van der Waals surface area (Å²) in [6.07, 6.45) is 2.44. The third-order valence-electron chi connectivity index (χ3n) is 2.50. The number of imidazole rings is 1. The molecule has 0 fully saturated rings. The molecular formula is C9H12IN3O. The molecule has 0 saturated heterocycles. The number of fused-ring (bicyclic) bond motifs is 1. The highest BCUT2D eigenvalue weighted by Gasteiger charge is 2.21. The fourth-order valence-corrected chi connectivity index (χ4v) is 2.26. The highest BCUT2D eigenvalue weighted by molar-refractivity contribution is 14.1. The summed E-state index contributed by atoms with van der Waals surface area (Å²) >= 11 is 2.21. The van der Waals surface area contributed by atoms with Gasteiger partial charge in [0.1, 0.15) is 3.70 Å². The molecule has 4 nitrogen and oxygen atoms in total. The second kappa shape index (κ2) is 3.88. The van der Waals surface area contributed by atoms with Crippen LogP contribution < -0.4 is 0 Å². The zero-order chi connectivity index (χ0) is 10.1. The highest BCUT2D eigenvalue weighted by Crippen LogP contribution is 2.17. The van der Waals surface area contributed by atoms with Crippen molar-refractivity contribution in [3.8, 4) is 0 Å². The summed E-state index contributed by atoms with van der Waals surface area (Å²) in [5.74, 6) is 0.230. The number of nitrogens with zero attached hydrogens (tertiary/aromatic N) is 3. The fraction of sp³-hybridized carbons (Fsp3) is 0.556. The van der Waals surface area contributed by atoms with Crippen LogP contribution >= 0.6 is 22.6 Å². The summed E-state index contributed by atoms with van der Waals surface area (Å²) in [5, 5.41) is 0. The fourth-order valence-electron chi connectivity index (χ4n) is 1.66. The van der Waals surface area contributed by atoms with Crippen LogP contribution in [-0.2, 0) is 17.9 Å². The maximum Gasteiger partial charge on any atom is 0.222 e. The Morgan fingerprint density at radius 3 is 3.14 bits per heavy atom. The molecule has 1 amide bonds. The Morgan fingerprint density at radius 2 is 2.43 bits per heavy atom. The first kappa shape index (κ1) is 9.95. The standard InChI is InChI=1S/C9H12IN3O/c1-2-8(14)12-3-4-13-6-11-9(10)7(13)5-12/h6H,2-5H2,1H3. The van der Waals surface area contributed by atoms with Crippen molar-refractivity contribution in [1.29, 1.82) is 0 Å². The second-order valence-corrected chi connectivity index (χ2v) is 4.37. The summed E-state index contributed by atoms with van der Waals surface area (Å²) in [6, 6.07) is 0. The Labute approximate surface area is 96.4 Å². The molecule has 0 radical (unpaired) electrons. The Kier molecular flexibility index (Phi) is 2.76. The Morgan fingerprint density at radius 1 is 1.64 bits per heavy atom. The summed E-state index contributed by atoms with van der Waals surface area (Å²) in [4.78, 5) is 17.6. The topological polar surface area (TPSA) is 38.1 Å². The molecule has 0 spiro atoms. The average molecular weight is 305 g/mol. The van der Waals surface area contributed by atoms with Crippen LogP contribution in [-0.4, -0.2) is 26.9 Å². The van der Waals surface area contributed by atoms with E-state index in [-0.39, 0.29) is 5.91 Å². The lowest BCUT2D eigenvalue weighted by atomic mass is 10.3. The predicted octanol–water partition coefficient (Wildman–Crippen LogP) is 1.24. The van der Waals surface area contributed by atoms with E-state index in [1.165, 1.54) is 5.69 Å². The van der Waals surface area contributed by atoms with Crippen LogP contribution in [0.2, 0.25) is 0 Å². The zero-order valence-corrected chi connectivity index (χ0v) is 10.2. The van der Waals surface area contributed by atoms with Gasteiger partial charge in [0.2, 0.25) is 5.91 Å². The monoisotopic (exact) mass is 305 g/mol. The van der Waals surface area contributed by atoms with E-state index in [9.17, 15) is 4.79 Å². The minimum atomic E-state index is 0.230. The van der Waals surface area contributed by atoms with Crippen LogP contribution in [0.3, 0.4) is 0 Å². The van der Waals surface area contributed by atoms with Gasteiger partial charge in [0.25, 0.3) is 0 Å². The summed E-state index contributed by atoms with van der Waals surface area (Å²) < 4.78 is 3.14. The van der Waals surface area contributed by atoms with Gasteiger partial charge in [-0.2, -0.15) is 0 Å². The number of amides is 1. The lowest BCUT2D eigenvalue weighted by Crippen LogP contribution is -2.37. The van der Waals surface area contributed by atoms with Crippen molar-refractivity contribution in [3.05, 3.63) is 15.7 Å². The lowest BCUT2D eigenvalue weighted by Gasteiger charge is -2.28. The number of rotatable bonds is 1. The van der Waals surface area contributed by atoms with Crippen LogP contribution in [0.1, 0.15) is 19.0 Å². The largest absolute Gasteiger partial charge is 0.335 e. The molecule has 1 aromatic rings. The number of carbonyl (C=O) groups is 1. The summed E-state index contributed by atoms with van der Waals surface area (Å²) in [7, 11) is 0. The Balaban J connectivity index is 2.20. The number of halogens is 1. The van der Waals surface area contributed by atoms with Gasteiger partial charge in [-0.25, -0.2) is 4.98 Å². The van der Waals surface area contributed by atoms with E-state index < -0.39 is 0 Å². The van der Waals surface area contributed by atoms with Crippen molar-refractivity contribution in [2.45, 2.75) is 26.4 Å². The lowest BCUT2D eigenvalue weighted by molar-refractivity contribution is -0.132. The average Bonchev–Trinajstić information content (AvgIpc) is 2.59. The van der Waals surface area contributed by atoms with Gasteiger partial charge in [-0.05, 0) is 22.6 Å². The SMILES string of the molecule is CCC(=O)N1CCn2cnc(I)c2C1. The third kappa shape index (κ3) is 1.65. The molecule has 0 aliphatic carbocycles. The van der Waals surface area contributed by atoms with Crippen molar-refractivity contribution in [2.24, 2.45) is 0 Å². The van der Waals surface area contributed by atoms with E-state index in [0.717, 1.165) is 16.8 Å². The van der Waals surface area contributed by atoms with Gasteiger partial charge in [-0.15, -0.1) is 0 Å². The van der Waals surface area contributed by atoms with E-state index >= 15 is 0 Å². The normalized spacial score (nSPS) is 15.4. The molecule has 5 heteroatoms. The molecule has 2 rings (SSSR count). The van der Waals surface area contributed by atoms with Gasteiger partial charge in [-0.3, -0.25) is 4.79 Å². The quantitative estimate of drug-likeness (QED) is 0.732. The molecule has 2 heterocycles. The van der Waals surface area contributed by atoms with Crippen molar-refractivity contribution >= 4 is 28.5 Å². The van der Waals surface area contributed by atoms with Crippen LogP contribution in [0.15, 0.2) is 6.33 Å². The maximum absolute atomic E-state index is 11.5. The van der Waals surface area contributed by atoms with Gasteiger partial charge < -0.3 is 9.47 Å². The Hall–Kier alpha value is -0.590. The maximum atomic E-state index is 11.5. The molecular weight excluding hydrogens is 293 g/mol. The van der Waals surface area contributed by atoms with Crippen molar-refractivity contribution in [1.82, 2.24) is 14.5 Å². The molecule has 76 valence electrons. The van der Waals surface area contributed by atoms with E-state index in [4.69, 9.17) is 0 Å². The molecule has 0 saturated carbocycles. The molecule has 0 bridgehead atoms. The highest BCUT2D eigenvalue weighted by atomic mass is 127. The first-order chi connectivity index (χ1) is 6.72. The van der Waals surface area contributed by atoms with Crippen molar-refractivity contribution < 1.29 is 4.79 Å². The van der Waals surface area contributed by atoms with Crippen molar-refractivity contribution in [2.75, 3.05) is 6.54 Å². The minimum absolute atomic E-state index is 0.230. The minimum Gasteiger partial charge on any atom is -0.335 e. The zero-order valence-electron chi connectivity index (χ0n) is 8.03. The Bertz CT molecular complexity index is 361. The van der Waals surface area contributed by atoms with Crippen LogP contribution in [0.25, 0.3) is 0 Å². The van der Waals surface area contributed by atoms with E-state index in [1.807, 2.05) is 18.2 Å². The molecule has 1 aliphatic rings. The summed E-state index contributed by atoms with van der Waals surface area (Å²) in [6.45, 7) is 4.30. The molecule has 0 atom stereocenters. The van der Waals surface area contributed by atoms with E-state index in [2.05, 4.69) is 32.1 Å². The van der Waals surface area contributed by atoms with Gasteiger partial charge in [0, 0.05) is 19.5 Å².